The van der Waals surface area contributed by atoms with Crippen molar-refractivity contribution < 1.29 is 0 Å². The predicted molar refractivity (Wildman–Crippen MR) is 70.4 cm³/mol. The molecule has 0 aliphatic carbocycles. The Morgan fingerprint density at radius 3 is 3.00 bits per heavy atom. The standard InChI is InChI=1S/C14H13ClN2/c15-12-5-7-16-13(9-12)10-17-8-6-11-3-1-2-4-14(11)17/h1-5,7,9H,6,8,10H2. The van der Waals surface area contributed by atoms with E-state index in [1.165, 1.54) is 11.3 Å². The molecule has 0 saturated heterocycles. The quantitative estimate of drug-likeness (QED) is 0.806. The second kappa shape index (κ2) is 4.38. The summed E-state index contributed by atoms with van der Waals surface area (Å²) in [5.74, 6) is 0. The van der Waals surface area contributed by atoms with Crippen LogP contribution in [0.4, 0.5) is 5.69 Å². The van der Waals surface area contributed by atoms with Gasteiger partial charge in [0.05, 0.1) is 12.2 Å². The maximum Gasteiger partial charge on any atom is 0.0611 e. The Morgan fingerprint density at radius 1 is 1.24 bits per heavy atom. The Bertz CT molecular complexity index is 539. The van der Waals surface area contributed by atoms with Gasteiger partial charge in [0.1, 0.15) is 0 Å². The molecule has 0 radical (unpaired) electrons. The van der Waals surface area contributed by atoms with Crippen molar-refractivity contribution in [3.05, 3.63) is 58.9 Å². The van der Waals surface area contributed by atoms with Gasteiger partial charge in [0.2, 0.25) is 0 Å². The summed E-state index contributed by atoms with van der Waals surface area (Å²) in [6.45, 7) is 1.89. The number of benzene rings is 1. The Balaban J connectivity index is 1.84. The fourth-order valence-corrected chi connectivity index (χ4v) is 2.48. The van der Waals surface area contributed by atoms with Crippen LogP contribution in [0.3, 0.4) is 0 Å². The first-order valence-electron chi connectivity index (χ1n) is 5.76. The van der Waals surface area contributed by atoms with Gasteiger partial charge < -0.3 is 4.90 Å². The van der Waals surface area contributed by atoms with Crippen LogP contribution in [0.15, 0.2) is 42.6 Å². The first kappa shape index (κ1) is 10.6. The minimum atomic E-state index is 0.752. The molecule has 2 aromatic rings. The number of pyridine rings is 1. The lowest BCUT2D eigenvalue weighted by atomic mass is 10.2. The number of nitrogens with zero attached hydrogens (tertiary/aromatic N) is 2. The number of hydrogen-bond acceptors (Lipinski definition) is 2. The molecule has 0 amide bonds. The highest BCUT2D eigenvalue weighted by Crippen LogP contribution is 2.28. The van der Waals surface area contributed by atoms with Gasteiger partial charge in [0, 0.05) is 23.5 Å². The second-order valence-electron chi connectivity index (χ2n) is 4.27. The summed E-state index contributed by atoms with van der Waals surface area (Å²) in [7, 11) is 0. The molecule has 0 unspecified atom stereocenters. The molecule has 3 heteroatoms. The third kappa shape index (κ3) is 2.13. The van der Waals surface area contributed by atoms with Gasteiger partial charge in [-0.1, -0.05) is 29.8 Å². The largest absolute Gasteiger partial charge is 0.365 e. The maximum absolute atomic E-state index is 5.97. The molecule has 2 heterocycles. The van der Waals surface area contributed by atoms with E-state index in [0.29, 0.717) is 0 Å². The SMILES string of the molecule is Clc1ccnc(CN2CCc3ccccc32)c1. The van der Waals surface area contributed by atoms with Crippen molar-refractivity contribution in [1.29, 1.82) is 0 Å². The van der Waals surface area contributed by atoms with E-state index in [0.717, 1.165) is 30.2 Å². The first-order valence-corrected chi connectivity index (χ1v) is 6.14. The molecular formula is C14H13ClN2. The first-order chi connectivity index (χ1) is 8.33. The molecule has 0 spiro atoms. The van der Waals surface area contributed by atoms with Crippen LogP contribution in [0.5, 0.6) is 0 Å². The number of aromatic nitrogens is 1. The maximum atomic E-state index is 5.97. The average molecular weight is 245 g/mol. The van der Waals surface area contributed by atoms with Crippen LogP contribution in [0.2, 0.25) is 5.02 Å². The summed E-state index contributed by atoms with van der Waals surface area (Å²) < 4.78 is 0. The summed E-state index contributed by atoms with van der Waals surface area (Å²) in [4.78, 5) is 6.71. The molecule has 0 atom stereocenters. The van der Waals surface area contributed by atoms with E-state index in [4.69, 9.17) is 11.6 Å². The number of para-hydroxylation sites is 1. The van der Waals surface area contributed by atoms with Gasteiger partial charge in [-0.05, 0) is 30.2 Å². The summed E-state index contributed by atoms with van der Waals surface area (Å²) in [6, 6.07) is 12.3. The van der Waals surface area contributed by atoms with Gasteiger partial charge in [-0.25, -0.2) is 0 Å². The number of hydrogen-bond donors (Lipinski definition) is 0. The predicted octanol–water partition coefficient (Wildman–Crippen LogP) is 3.30. The van der Waals surface area contributed by atoms with Crippen LogP contribution in [0.1, 0.15) is 11.3 Å². The van der Waals surface area contributed by atoms with Crippen LogP contribution in [0.25, 0.3) is 0 Å². The van der Waals surface area contributed by atoms with Crippen molar-refractivity contribution in [3.63, 3.8) is 0 Å². The van der Waals surface area contributed by atoms with Crippen molar-refractivity contribution in [1.82, 2.24) is 4.98 Å². The normalized spacial score (nSPS) is 13.8. The Labute approximate surface area is 106 Å². The summed E-state index contributed by atoms with van der Waals surface area (Å²) in [5, 5.41) is 0.752. The average Bonchev–Trinajstić information content (AvgIpc) is 2.73. The van der Waals surface area contributed by atoms with Gasteiger partial charge >= 0.3 is 0 Å². The van der Waals surface area contributed by atoms with E-state index in [9.17, 15) is 0 Å². The van der Waals surface area contributed by atoms with Crippen molar-refractivity contribution in [3.8, 4) is 0 Å². The van der Waals surface area contributed by atoms with Gasteiger partial charge in [-0.3, -0.25) is 4.98 Å². The molecule has 17 heavy (non-hydrogen) atoms. The van der Waals surface area contributed by atoms with Crippen LogP contribution in [-0.2, 0) is 13.0 Å². The molecule has 0 N–H and O–H groups in total. The minimum absolute atomic E-state index is 0.752. The van der Waals surface area contributed by atoms with Gasteiger partial charge in [0.15, 0.2) is 0 Å². The van der Waals surface area contributed by atoms with E-state index in [-0.39, 0.29) is 0 Å². The monoisotopic (exact) mass is 244 g/mol. The molecule has 1 aromatic heterocycles. The Hall–Kier alpha value is -1.54. The summed E-state index contributed by atoms with van der Waals surface area (Å²) in [6.07, 6.45) is 2.89. The third-order valence-electron chi connectivity index (χ3n) is 3.11. The lowest BCUT2D eigenvalue weighted by Crippen LogP contribution is -2.20. The highest BCUT2D eigenvalue weighted by atomic mass is 35.5. The fourth-order valence-electron chi connectivity index (χ4n) is 2.30. The van der Waals surface area contributed by atoms with E-state index < -0.39 is 0 Å². The molecule has 2 nitrogen and oxygen atoms in total. The van der Waals surface area contributed by atoms with Gasteiger partial charge in [-0.15, -0.1) is 0 Å². The number of rotatable bonds is 2. The Morgan fingerprint density at radius 2 is 2.12 bits per heavy atom. The van der Waals surface area contributed by atoms with Crippen LogP contribution < -0.4 is 4.90 Å². The van der Waals surface area contributed by atoms with Crippen molar-refractivity contribution in [2.24, 2.45) is 0 Å². The molecule has 3 rings (SSSR count). The lowest BCUT2D eigenvalue weighted by Gasteiger charge is -2.18. The molecule has 0 bridgehead atoms. The lowest BCUT2D eigenvalue weighted by molar-refractivity contribution is 0.814. The zero-order chi connectivity index (χ0) is 11.7. The summed E-state index contributed by atoms with van der Waals surface area (Å²) in [5.41, 5.74) is 3.78. The third-order valence-corrected chi connectivity index (χ3v) is 3.35. The van der Waals surface area contributed by atoms with Crippen molar-refractivity contribution in [2.45, 2.75) is 13.0 Å². The molecule has 1 aliphatic rings. The van der Waals surface area contributed by atoms with E-state index in [1.807, 2.05) is 12.1 Å². The highest BCUT2D eigenvalue weighted by molar-refractivity contribution is 6.30. The number of fused-ring (bicyclic) bond motifs is 1. The molecular weight excluding hydrogens is 232 g/mol. The topological polar surface area (TPSA) is 16.1 Å². The molecule has 0 fully saturated rings. The molecule has 1 aromatic carbocycles. The Kier molecular flexibility index (Phi) is 2.73. The molecule has 0 saturated carbocycles. The van der Waals surface area contributed by atoms with Crippen LogP contribution >= 0.6 is 11.6 Å². The zero-order valence-electron chi connectivity index (χ0n) is 9.44. The second-order valence-corrected chi connectivity index (χ2v) is 4.70. The van der Waals surface area contributed by atoms with Crippen molar-refractivity contribution in [2.75, 3.05) is 11.4 Å². The van der Waals surface area contributed by atoms with E-state index in [1.54, 1.807) is 6.20 Å². The number of anilines is 1. The molecule has 1 aliphatic heterocycles. The van der Waals surface area contributed by atoms with E-state index in [2.05, 4.69) is 34.1 Å². The van der Waals surface area contributed by atoms with Crippen LogP contribution in [-0.4, -0.2) is 11.5 Å². The smallest absolute Gasteiger partial charge is 0.0611 e. The number of halogens is 1. The molecule has 86 valence electrons. The van der Waals surface area contributed by atoms with Crippen LogP contribution in [0, 0.1) is 0 Å². The summed E-state index contributed by atoms with van der Waals surface area (Å²) >= 11 is 5.97. The van der Waals surface area contributed by atoms with E-state index >= 15 is 0 Å². The minimum Gasteiger partial charge on any atom is -0.365 e. The van der Waals surface area contributed by atoms with Gasteiger partial charge in [0.25, 0.3) is 0 Å². The van der Waals surface area contributed by atoms with Gasteiger partial charge in [-0.2, -0.15) is 0 Å². The fraction of sp³-hybridized carbons (Fsp3) is 0.214. The van der Waals surface area contributed by atoms with Crippen molar-refractivity contribution >= 4 is 17.3 Å². The zero-order valence-corrected chi connectivity index (χ0v) is 10.2. The highest BCUT2D eigenvalue weighted by Gasteiger charge is 2.18.